The van der Waals surface area contributed by atoms with Crippen molar-refractivity contribution >= 4 is 49.1 Å². The van der Waals surface area contributed by atoms with Gasteiger partial charge in [0.05, 0.1) is 19.6 Å². The van der Waals surface area contributed by atoms with Crippen LogP contribution < -0.4 is 10.2 Å². The van der Waals surface area contributed by atoms with Gasteiger partial charge in [-0.05, 0) is 11.8 Å². The summed E-state index contributed by atoms with van der Waals surface area (Å²) >= 11 is 5.31. The van der Waals surface area contributed by atoms with E-state index < -0.39 is 29.9 Å². The van der Waals surface area contributed by atoms with Crippen molar-refractivity contribution < 1.29 is 34.5 Å². The summed E-state index contributed by atoms with van der Waals surface area (Å²) in [4.78, 5) is 52.2. The summed E-state index contributed by atoms with van der Waals surface area (Å²) in [6, 6.07) is -1.13. The highest BCUT2D eigenvalue weighted by atomic mass is 35.5. The van der Waals surface area contributed by atoms with Gasteiger partial charge >= 0.3 is 17.9 Å². The fraction of sp³-hybridized carbons (Fsp3) is 0.733. The molecule has 1 aliphatic heterocycles. The summed E-state index contributed by atoms with van der Waals surface area (Å²) in [6.45, 7) is 1.87. The zero-order valence-corrected chi connectivity index (χ0v) is 17.6. The standard InChI is InChI=1S/C15H26ClN5O7.H2S/c16-18-11(15(27)28)7-17-12(22)8-19-1-3-20(9-13(23)24)5-6-21(4-2-19)10-14(25)26;/h11,18H,1-10H2,(H,17,22)(H,23,24)(H,25,26)(H,27,28);1H2/t11-;/m0./s1. The number of amides is 1. The topological polar surface area (TPSA) is 163 Å². The maximum Gasteiger partial charge on any atom is 0.323 e. The number of halogens is 1. The molecule has 168 valence electrons. The normalized spacial score (nSPS) is 17.8. The molecule has 1 aliphatic rings. The number of carboxylic acids is 3. The SMILES string of the molecule is O=C(O)CN1CCN(CC(=O)O)CCN(CC(=O)NC[C@H](NCl)C(=O)O)CC1.S. The highest BCUT2D eigenvalue weighted by Gasteiger charge is 2.21. The molecule has 0 radical (unpaired) electrons. The third-order valence-electron chi connectivity index (χ3n) is 4.22. The van der Waals surface area contributed by atoms with Gasteiger partial charge < -0.3 is 20.6 Å². The van der Waals surface area contributed by atoms with E-state index in [2.05, 4.69) is 10.2 Å². The van der Waals surface area contributed by atoms with Gasteiger partial charge in [-0.1, -0.05) is 0 Å². The third-order valence-corrected chi connectivity index (χ3v) is 4.48. The fourth-order valence-corrected chi connectivity index (χ4v) is 2.86. The van der Waals surface area contributed by atoms with Gasteiger partial charge in [-0.25, -0.2) is 4.84 Å². The van der Waals surface area contributed by atoms with Gasteiger partial charge in [0.25, 0.3) is 0 Å². The Kier molecular flexibility index (Phi) is 13.5. The quantitative estimate of drug-likeness (QED) is 0.220. The monoisotopic (exact) mass is 457 g/mol. The predicted octanol–water partition coefficient (Wildman–Crippen LogP) is -2.50. The van der Waals surface area contributed by atoms with E-state index in [1.54, 1.807) is 14.7 Å². The molecule has 1 heterocycles. The molecule has 14 heteroatoms. The van der Waals surface area contributed by atoms with Crippen LogP contribution >= 0.6 is 25.3 Å². The van der Waals surface area contributed by atoms with Gasteiger partial charge in [-0.2, -0.15) is 13.5 Å². The first-order valence-corrected chi connectivity index (χ1v) is 9.05. The maximum absolute atomic E-state index is 12.1. The summed E-state index contributed by atoms with van der Waals surface area (Å²) in [6.07, 6.45) is 0. The molecule has 0 aliphatic carbocycles. The van der Waals surface area contributed by atoms with E-state index in [0.717, 1.165) is 0 Å². The first-order valence-electron chi connectivity index (χ1n) is 8.67. The number of nitrogens with zero attached hydrogens (tertiary/aromatic N) is 3. The second kappa shape index (κ2) is 14.4. The van der Waals surface area contributed by atoms with E-state index in [-0.39, 0.29) is 39.7 Å². The smallest absolute Gasteiger partial charge is 0.323 e. The summed E-state index contributed by atoms with van der Waals surface area (Å²) in [7, 11) is 0. The number of rotatable bonds is 10. The molecular weight excluding hydrogens is 430 g/mol. The van der Waals surface area contributed by atoms with Crippen molar-refractivity contribution in [1.29, 1.82) is 0 Å². The highest BCUT2D eigenvalue weighted by molar-refractivity contribution is 7.59. The Hall–Kier alpha value is -1.64. The zero-order valence-electron chi connectivity index (χ0n) is 15.8. The van der Waals surface area contributed by atoms with Crippen molar-refractivity contribution in [2.24, 2.45) is 0 Å². The Balaban J connectivity index is 0.00000784. The second-order valence-electron chi connectivity index (χ2n) is 6.42. The minimum atomic E-state index is -1.20. The lowest BCUT2D eigenvalue weighted by Gasteiger charge is -2.24. The molecule has 0 saturated carbocycles. The number of hydrogen-bond donors (Lipinski definition) is 5. The Morgan fingerprint density at radius 2 is 1.17 bits per heavy atom. The molecule has 0 spiro atoms. The van der Waals surface area contributed by atoms with Crippen LogP contribution in [-0.4, -0.2) is 125 Å². The van der Waals surface area contributed by atoms with Gasteiger partial charge in [0.2, 0.25) is 5.91 Å². The van der Waals surface area contributed by atoms with Crippen LogP contribution in [0.4, 0.5) is 0 Å². The first-order chi connectivity index (χ1) is 13.2. The van der Waals surface area contributed by atoms with Crippen LogP contribution in [0.1, 0.15) is 0 Å². The number of carboxylic acid groups (broad SMARTS) is 3. The van der Waals surface area contributed by atoms with Crippen molar-refractivity contribution in [3.8, 4) is 0 Å². The molecule has 1 atom stereocenters. The Morgan fingerprint density at radius 1 is 0.793 bits per heavy atom. The maximum atomic E-state index is 12.1. The molecule has 1 amide bonds. The minimum absolute atomic E-state index is 0. The van der Waals surface area contributed by atoms with E-state index in [0.29, 0.717) is 39.3 Å². The van der Waals surface area contributed by atoms with Crippen LogP contribution in [0, 0.1) is 0 Å². The van der Waals surface area contributed by atoms with Crippen LogP contribution in [-0.2, 0) is 19.2 Å². The number of carbonyl (C=O) groups is 4. The number of nitrogens with one attached hydrogen (secondary N) is 2. The van der Waals surface area contributed by atoms with Crippen molar-refractivity contribution in [2.75, 3.05) is 65.4 Å². The molecule has 1 saturated heterocycles. The molecule has 0 aromatic carbocycles. The second-order valence-corrected chi connectivity index (χ2v) is 6.64. The van der Waals surface area contributed by atoms with E-state index in [4.69, 9.17) is 27.1 Å². The molecule has 29 heavy (non-hydrogen) atoms. The van der Waals surface area contributed by atoms with Gasteiger partial charge in [0, 0.05) is 45.8 Å². The molecule has 0 aromatic rings. The third kappa shape index (κ3) is 11.8. The van der Waals surface area contributed by atoms with E-state index in [1.807, 2.05) is 0 Å². The van der Waals surface area contributed by atoms with Gasteiger partial charge in [0.15, 0.2) is 0 Å². The summed E-state index contributed by atoms with van der Waals surface area (Å²) in [5.41, 5.74) is 0. The average Bonchev–Trinajstić information content (AvgIpc) is 2.67. The Bertz CT molecular complexity index is 543. The first kappa shape index (κ1) is 27.4. The van der Waals surface area contributed by atoms with E-state index in [9.17, 15) is 19.2 Å². The average molecular weight is 458 g/mol. The minimum Gasteiger partial charge on any atom is -0.480 e. The molecule has 0 unspecified atom stereocenters. The van der Waals surface area contributed by atoms with E-state index >= 15 is 0 Å². The van der Waals surface area contributed by atoms with E-state index in [1.165, 1.54) is 0 Å². The number of aliphatic carboxylic acids is 3. The van der Waals surface area contributed by atoms with Gasteiger partial charge in [-0.15, -0.1) is 0 Å². The van der Waals surface area contributed by atoms with Gasteiger partial charge in [-0.3, -0.25) is 33.9 Å². The summed E-state index contributed by atoms with van der Waals surface area (Å²) < 4.78 is 0. The molecular formula is C15H28ClN5O7S. The molecule has 0 bridgehead atoms. The summed E-state index contributed by atoms with van der Waals surface area (Å²) in [5, 5.41) is 29.4. The lowest BCUT2D eigenvalue weighted by atomic mass is 10.3. The van der Waals surface area contributed by atoms with Crippen molar-refractivity contribution in [3.05, 3.63) is 0 Å². The molecule has 0 aromatic heterocycles. The van der Waals surface area contributed by atoms with Crippen molar-refractivity contribution in [2.45, 2.75) is 6.04 Å². The number of hydrogen-bond acceptors (Lipinski definition) is 8. The zero-order chi connectivity index (χ0) is 21.1. The lowest BCUT2D eigenvalue weighted by molar-refractivity contribution is -0.140. The molecule has 5 N–H and O–H groups in total. The van der Waals surface area contributed by atoms with Crippen LogP contribution in [0.3, 0.4) is 0 Å². The van der Waals surface area contributed by atoms with Crippen molar-refractivity contribution in [1.82, 2.24) is 24.9 Å². The molecule has 12 nitrogen and oxygen atoms in total. The van der Waals surface area contributed by atoms with Crippen LogP contribution in [0.15, 0.2) is 0 Å². The Labute approximate surface area is 180 Å². The molecule has 1 rings (SSSR count). The summed E-state index contributed by atoms with van der Waals surface area (Å²) in [5.74, 6) is -3.58. The van der Waals surface area contributed by atoms with Gasteiger partial charge in [0.1, 0.15) is 6.04 Å². The highest BCUT2D eigenvalue weighted by Crippen LogP contribution is 2.01. The van der Waals surface area contributed by atoms with Crippen molar-refractivity contribution in [3.63, 3.8) is 0 Å². The predicted molar refractivity (Wildman–Crippen MR) is 108 cm³/mol. The fourth-order valence-electron chi connectivity index (χ4n) is 2.69. The Morgan fingerprint density at radius 3 is 1.48 bits per heavy atom. The van der Waals surface area contributed by atoms with Crippen LogP contribution in [0.5, 0.6) is 0 Å². The van der Waals surface area contributed by atoms with Crippen LogP contribution in [0.2, 0.25) is 0 Å². The molecule has 1 fully saturated rings. The number of carbonyl (C=O) groups excluding carboxylic acids is 1. The largest absolute Gasteiger partial charge is 0.480 e. The van der Waals surface area contributed by atoms with Crippen LogP contribution in [0.25, 0.3) is 0 Å². The lowest BCUT2D eigenvalue weighted by Crippen LogP contribution is -2.47.